The number of nitrogens with one attached hydrogen (secondary N) is 2. The molecule has 2 amide bonds. The summed E-state index contributed by atoms with van der Waals surface area (Å²) in [7, 11) is 3.45. The fraction of sp³-hybridized carbons (Fsp3) is 0.903. The second kappa shape index (κ2) is 11.6. The van der Waals surface area contributed by atoms with E-state index in [-0.39, 0.29) is 71.8 Å². The Labute approximate surface area is 238 Å². The van der Waals surface area contributed by atoms with Crippen molar-refractivity contribution in [3.05, 3.63) is 0 Å². The topological polar surface area (TPSA) is 106 Å². The first-order valence-electron chi connectivity index (χ1n) is 15.9. The number of methoxy groups -OCH3 is 2. The van der Waals surface area contributed by atoms with Crippen LogP contribution in [0.1, 0.15) is 78.1 Å². The molecule has 9 heteroatoms. The van der Waals surface area contributed by atoms with E-state index in [1.165, 1.54) is 0 Å². The molecule has 0 aromatic rings. The van der Waals surface area contributed by atoms with Gasteiger partial charge in [0.1, 0.15) is 11.9 Å². The van der Waals surface area contributed by atoms with Gasteiger partial charge in [0.25, 0.3) is 0 Å². The largest absolute Gasteiger partial charge is 0.379 e. The van der Waals surface area contributed by atoms with E-state index < -0.39 is 6.10 Å². The Morgan fingerprint density at radius 3 is 2.42 bits per heavy atom. The van der Waals surface area contributed by atoms with Crippen molar-refractivity contribution in [1.82, 2.24) is 15.5 Å². The van der Waals surface area contributed by atoms with Gasteiger partial charge in [0.15, 0.2) is 0 Å². The van der Waals surface area contributed by atoms with E-state index in [1.807, 2.05) is 6.92 Å². The maximum Gasteiger partial charge on any atom is 0.249 e. The summed E-state index contributed by atoms with van der Waals surface area (Å²) in [5.41, 5.74) is 0. The van der Waals surface area contributed by atoms with Crippen molar-refractivity contribution >= 4 is 17.6 Å². The van der Waals surface area contributed by atoms with Gasteiger partial charge in [-0.3, -0.25) is 14.4 Å². The van der Waals surface area contributed by atoms with Gasteiger partial charge < -0.3 is 29.7 Å². The lowest BCUT2D eigenvalue weighted by molar-refractivity contribution is -0.175. The molecule has 6 rings (SSSR count). The molecule has 3 heterocycles. The van der Waals surface area contributed by atoms with Crippen molar-refractivity contribution in [3.63, 3.8) is 0 Å². The Kier molecular flexibility index (Phi) is 8.29. The zero-order chi connectivity index (χ0) is 28.1. The summed E-state index contributed by atoms with van der Waals surface area (Å²) in [6.07, 6.45) is 8.43. The number of ether oxygens (including phenoxy) is 3. The molecule has 9 nitrogen and oxygen atoms in total. The molecule has 0 aromatic carbocycles. The number of hydrogen-bond acceptors (Lipinski definition) is 7. The minimum Gasteiger partial charge on any atom is -0.379 e. The van der Waals surface area contributed by atoms with Crippen molar-refractivity contribution in [1.29, 1.82) is 0 Å². The molecule has 40 heavy (non-hydrogen) atoms. The van der Waals surface area contributed by atoms with Crippen LogP contribution in [0.4, 0.5) is 0 Å². The number of nitrogens with zero attached hydrogens (tertiary/aromatic N) is 1. The van der Waals surface area contributed by atoms with E-state index in [0.29, 0.717) is 17.9 Å². The standard InChI is InChI=1S/C31H49N3O6/c1-16(35)18-5-7-19(8-6-18)33-30(36)17(2)40-20-9-11-24-23(15-20)21-13-14-32-27-22-10-12-25(38-3)29(39-4)26(22)31(37)34(24)28(21)27/h17-29,32H,5-15H2,1-4H3,(H,33,36). The van der Waals surface area contributed by atoms with E-state index in [9.17, 15) is 14.4 Å². The average Bonchev–Trinajstić information content (AvgIpc) is 3.30. The van der Waals surface area contributed by atoms with Gasteiger partial charge in [-0.05, 0) is 102 Å². The summed E-state index contributed by atoms with van der Waals surface area (Å²) in [6.45, 7) is 4.53. The summed E-state index contributed by atoms with van der Waals surface area (Å²) in [5.74, 6) is 1.66. The molecule has 0 bridgehead atoms. The summed E-state index contributed by atoms with van der Waals surface area (Å²) in [6, 6.07) is 0.931. The molecule has 6 fully saturated rings. The normalized spacial score (nSPS) is 45.2. The molecule has 11 unspecified atom stereocenters. The van der Waals surface area contributed by atoms with Crippen LogP contribution in [-0.4, -0.2) is 91.8 Å². The number of amides is 2. The molecule has 0 aromatic heterocycles. The fourth-order valence-corrected chi connectivity index (χ4v) is 9.77. The molecule has 2 N–H and O–H groups in total. The highest BCUT2D eigenvalue weighted by molar-refractivity contribution is 5.83. The molecule has 0 spiro atoms. The van der Waals surface area contributed by atoms with Gasteiger partial charge in [-0.2, -0.15) is 0 Å². The van der Waals surface area contributed by atoms with Crippen LogP contribution < -0.4 is 10.6 Å². The molecule has 3 saturated heterocycles. The summed E-state index contributed by atoms with van der Waals surface area (Å²) in [4.78, 5) is 41.2. The van der Waals surface area contributed by atoms with Crippen molar-refractivity contribution < 1.29 is 28.6 Å². The molecule has 11 atom stereocenters. The maximum atomic E-state index is 14.2. The Bertz CT molecular complexity index is 969. The average molecular weight is 560 g/mol. The Balaban J connectivity index is 1.10. The highest BCUT2D eigenvalue weighted by Crippen LogP contribution is 2.54. The van der Waals surface area contributed by atoms with Gasteiger partial charge in [0, 0.05) is 38.3 Å². The minimum atomic E-state index is -0.505. The first-order chi connectivity index (χ1) is 19.3. The number of carbonyl (C=O) groups is 3. The number of rotatable bonds is 7. The second-order valence-corrected chi connectivity index (χ2v) is 13.5. The molecular weight excluding hydrogens is 510 g/mol. The highest BCUT2D eigenvalue weighted by Gasteiger charge is 2.64. The molecular formula is C31H49N3O6. The van der Waals surface area contributed by atoms with E-state index in [4.69, 9.17) is 14.2 Å². The summed E-state index contributed by atoms with van der Waals surface area (Å²) in [5, 5.41) is 7.02. The number of ketones is 1. The van der Waals surface area contributed by atoms with E-state index in [1.54, 1.807) is 21.1 Å². The molecule has 0 radical (unpaired) electrons. The quantitative estimate of drug-likeness (QED) is 0.494. The van der Waals surface area contributed by atoms with E-state index in [0.717, 1.165) is 70.8 Å². The van der Waals surface area contributed by atoms with Gasteiger partial charge in [0.05, 0.1) is 30.3 Å². The molecule has 3 aliphatic carbocycles. The van der Waals surface area contributed by atoms with Crippen molar-refractivity contribution in [2.45, 2.75) is 127 Å². The van der Waals surface area contributed by atoms with Crippen LogP contribution >= 0.6 is 0 Å². The molecule has 3 saturated carbocycles. The van der Waals surface area contributed by atoms with Crippen LogP contribution in [0.5, 0.6) is 0 Å². The van der Waals surface area contributed by atoms with Gasteiger partial charge in [-0.15, -0.1) is 0 Å². The van der Waals surface area contributed by atoms with Gasteiger partial charge in [-0.1, -0.05) is 0 Å². The van der Waals surface area contributed by atoms with Crippen LogP contribution in [0.2, 0.25) is 0 Å². The Morgan fingerprint density at radius 2 is 1.73 bits per heavy atom. The second-order valence-electron chi connectivity index (χ2n) is 13.5. The minimum absolute atomic E-state index is 0.0344. The van der Waals surface area contributed by atoms with Crippen molar-refractivity contribution in [3.8, 4) is 0 Å². The predicted molar refractivity (Wildman–Crippen MR) is 148 cm³/mol. The summed E-state index contributed by atoms with van der Waals surface area (Å²) < 4.78 is 18.1. The van der Waals surface area contributed by atoms with Crippen LogP contribution in [-0.2, 0) is 28.6 Å². The lowest BCUT2D eigenvalue weighted by Crippen LogP contribution is -2.70. The number of carbonyl (C=O) groups excluding carboxylic acids is 3. The third-order valence-corrected chi connectivity index (χ3v) is 11.7. The van der Waals surface area contributed by atoms with Gasteiger partial charge >= 0.3 is 0 Å². The number of hydrogen-bond donors (Lipinski definition) is 2. The van der Waals surface area contributed by atoms with Gasteiger partial charge in [0.2, 0.25) is 11.8 Å². The van der Waals surface area contributed by atoms with Crippen LogP contribution in [0.25, 0.3) is 0 Å². The molecule has 6 aliphatic rings. The SMILES string of the molecule is COC1CCC2C3NCCC4C5CC(OC(C)C(=O)NC6CCC(C(C)=O)CC6)CCC5N(C(=O)C2C1OC)C43. The number of Topliss-reactive ketones (excluding diaryl/α,β-unsaturated/α-hetero) is 1. The smallest absolute Gasteiger partial charge is 0.249 e. The zero-order valence-electron chi connectivity index (χ0n) is 24.7. The number of piperidine rings is 2. The van der Waals surface area contributed by atoms with Crippen LogP contribution in [0, 0.1) is 29.6 Å². The first kappa shape index (κ1) is 28.6. The molecule has 224 valence electrons. The third-order valence-electron chi connectivity index (χ3n) is 11.7. The first-order valence-corrected chi connectivity index (χ1v) is 15.9. The zero-order valence-corrected chi connectivity index (χ0v) is 24.7. The third kappa shape index (κ3) is 4.92. The van der Waals surface area contributed by atoms with Crippen molar-refractivity contribution in [2.24, 2.45) is 29.6 Å². The lowest BCUT2D eigenvalue weighted by atomic mass is 9.64. The highest BCUT2D eigenvalue weighted by atomic mass is 16.5. The Hall–Kier alpha value is -1.55. The van der Waals surface area contributed by atoms with Crippen LogP contribution in [0.3, 0.4) is 0 Å². The van der Waals surface area contributed by atoms with E-state index >= 15 is 0 Å². The monoisotopic (exact) mass is 559 g/mol. The fourth-order valence-electron chi connectivity index (χ4n) is 9.77. The number of fused-ring (bicyclic) bond motifs is 5. The van der Waals surface area contributed by atoms with E-state index in [2.05, 4.69) is 15.5 Å². The summed E-state index contributed by atoms with van der Waals surface area (Å²) >= 11 is 0. The predicted octanol–water partition coefficient (Wildman–Crippen LogP) is 2.45. The van der Waals surface area contributed by atoms with Gasteiger partial charge in [-0.25, -0.2) is 0 Å². The maximum absolute atomic E-state index is 14.2. The Morgan fingerprint density at radius 1 is 0.950 bits per heavy atom. The van der Waals surface area contributed by atoms with Crippen molar-refractivity contribution in [2.75, 3.05) is 20.8 Å². The lowest BCUT2D eigenvalue weighted by Gasteiger charge is -2.55. The molecule has 3 aliphatic heterocycles. The van der Waals surface area contributed by atoms with Crippen LogP contribution in [0.15, 0.2) is 0 Å².